The molecule has 0 saturated heterocycles. The van der Waals surface area contributed by atoms with Crippen LogP contribution in [0.25, 0.3) is 33.9 Å². The first-order valence-corrected chi connectivity index (χ1v) is 18.4. The minimum absolute atomic E-state index is 0.122. The monoisotopic (exact) mass is 734 g/mol. The Morgan fingerprint density at radius 2 is 0.759 bits per heavy atom. The molecule has 0 aliphatic heterocycles. The normalized spacial score (nSPS) is 12.6. The van der Waals surface area contributed by atoms with Crippen LogP contribution in [0.3, 0.4) is 0 Å². The number of aromatic nitrogens is 4. The number of nitrogens with zero attached hydrogens (tertiary/aromatic N) is 7. The number of para-hydroxylation sites is 4. The van der Waals surface area contributed by atoms with Crippen LogP contribution < -0.4 is 9.80 Å². The number of thiol groups is 1. The van der Waals surface area contributed by atoms with Crippen molar-refractivity contribution in [1.29, 1.82) is 5.41 Å². The lowest BCUT2D eigenvalue weighted by Gasteiger charge is -2.26. The zero-order valence-electron chi connectivity index (χ0n) is 28.7. The summed E-state index contributed by atoms with van der Waals surface area (Å²) in [7, 11) is 0. The molecule has 0 saturated carbocycles. The summed E-state index contributed by atoms with van der Waals surface area (Å²) in [5, 5.41) is 8.86. The fraction of sp³-hybridized carbons (Fsp3) is 0. The van der Waals surface area contributed by atoms with Gasteiger partial charge in [0.25, 0.3) is 0 Å². The second-order valence-corrected chi connectivity index (χ2v) is 13.2. The van der Waals surface area contributed by atoms with Gasteiger partial charge < -0.3 is 9.80 Å². The molecule has 54 heavy (non-hydrogen) atoms. The molecular formula is C44H30N8S2. The molecule has 2 heterocycles. The van der Waals surface area contributed by atoms with Gasteiger partial charge in [-0.1, -0.05) is 97.1 Å². The number of nitrogens with one attached hydrogen (secondary N) is 1. The molecular weight excluding hydrogens is 705 g/mol. The summed E-state index contributed by atoms with van der Waals surface area (Å²) >= 11 is 5.30. The van der Waals surface area contributed by atoms with Crippen molar-refractivity contribution in [3.05, 3.63) is 181 Å². The van der Waals surface area contributed by atoms with Crippen molar-refractivity contribution >= 4 is 70.1 Å². The zero-order chi connectivity index (χ0) is 36.4. The number of hydrogen-bond acceptors (Lipinski definition) is 10. The first-order valence-electron chi connectivity index (χ1n) is 17.3. The third-order valence-electron chi connectivity index (χ3n) is 9.26. The van der Waals surface area contributed by atoms with Gasteiger partial charge in [-0.25, -0.2) is 14.4 Å². The van der Waals surface area contributed by atoms with Gasteiger partial charge in [0.1, 0.15) is 34.2 Å². The molecule has 0 bridgehead atoms. The summed E-state index contributed by atoms with van der Waals surface area (Å²) in [6.07, 6.45) is 0. The standard InChI is InChI=1S/C44H30N8S2/c45-37-40(48-53)42-43(44-41(37)49-54-50-44)47-39(30-23-27-36(28-24-30)52(33-17-9-3-10-18-33)34-19-11-4-12-20-34)38(46-42)29-21-25-35(26-22-29)51(31-13-5-1-6-14-31)32-15-7-2-8-16-32/h1-28,45,53H. The predicted octanol–water partition coefficient (Wildman–Crippen LogP) is 11.3. The van der Waals surface area contributed by atoms with Gasteiger partial charge in [-0.15, -0.1) is 0 Å². The van der Waals surface area contributed by atoms with Crippen molar-refractivity contribution in [2.75, 3.05) is 9.80 Å². The van der Waals surface area contributed by atoms with Gasteiger partial charge in [0.2, 0.25) is 0 Å². The van der Waals surface area contributed by atoms with Gasteiger partial charge in [0.15, 0.2) is 0 Å². The minimum Gasteiger partial charge on any atom is -0.311 e. The molecule has 0 amide bonds. The number of benzene rings is 6. The highest BCUT2D eigenvalue weighted by Gasteiger charge is 2.34. The minimum atomic E-state index is 0.122. The third kappa shape index (κ3) is 6.03. The molecule has 9 rings (SSSR count). The largest absolute Gasteiger partial charge is 0.311 e. The summed E-state index contributed by atoms with van der Waals surface area (Å²) in [6, 6.07) is 57.9. The van der Waals surface area contributed by atoms with Crippen LogP contribution in [0.4, 0.5) is 34.1 Å². The average Bonchev–Trinajstić information content (AvgIpc) is 3.74. The van der Waals surface area contributed by atoms with Crippen molar-refractivity contribution in [3.8, 4) is 33.9 Å². The summed E-state index contributed by atoms with van der Waals surface area (Å²) in [4.78, 5) is 14.9. The van der Waals surface area contributed by atoms with E-state index in [-0.39, 0.29) is 5.71 Å². The van der Waals surface area contributed by atoms with Crippen LogP contribution in [0.1, 0.15) is 11.4 Å². The van der Waals surface area contributed by atoms with Crippen molar-refractivity contribution in [3.63, 3.8) is 0 Å². The molecule has 0 radical (unpaired) electrons. The van der Waals surface area contributed by atoms with E-state index >= 15 is 0 Å². The van der Waals surface area contributed by atoms with Gasteiger partial charge in [-0.2, -0.15) is 8.75 Å². The maximum absolute atomic E-state index is 8.86. The SMILES string of the molecule is N=C1C(=NS)c2nc(-c3ccc(N(c4ccccc4)c4ccccc4)cc3)c(-c3ccc(N(c4ccccc4)c4ccccc4)cc3)nc2-c2nsnc21. The van der Waals surface area contributed by atoms with Gasteiger partial charge >= 0.3 is 0 Å². The molecule has 1 aliphatic carbocycles. The number of rotatable bonds is 8. The fourth-order valence-corrected chi connectivity index (χ4v) is 7.49. The van der Waals surface area contributed by atoms with E-state index in [1.807, 2.05) is 72.8 Å². The molecule has 8 nitrogen and oxygen atoms in total. The molecule has 10 heteroatoms. The lowest BCUT2D eigenvalue weighted by Crippen LogP contribution is -2.25. The van der Waals surface area contributed by atoms with E-state index in [9.17, 15) is 0 Å². The molecule has 6 aromatic carbocycles. The van der Waals surface area contributed by atoms with Gasteiger partial charge in [-0.05, 0) is 85.6 Å². The first-order chi connectivity index (χ1) is 26.7. The Hall–Kier alpha value is -6.75. The van der Waals surface area contributed by atoms with Gasteiger partial charge in [0, 0.05) is 45.3 Å². The Balaban J connectivity index is 1.19. The molecule has 8 aromatic rings. The Morgan fingerprint density at radius 1 is 0.407 bits per heavy atom. The lowest BCUT2D eigenvalue weighted by atomic mass is 9.95. The van der Waals surface area contributed by atoms with E-state index in [1.165, 1.54) is 0 Å². The summed E-state index contributed by atoms with van der Waals surface area (Å²) in [6.45, 7) is 0. The summed E-state index contributed by atoms with van der Waals surface area (Å²) in [5.41, 5.74) is 11.6. The quantitative estimate of drug-likeness (QED) is 0.151. The van der Waals surface area contributed by atoms with Crippen LogP contribution in [0.2, 0.25) is 0 Å². The highest BCUT2D eigenvalue weighted by Crippen LogP contribution is 2.41. The Kier molecular flexibility index (Phi) is 8.80. The van der Waals surface area contributed by atoms with E-state index in [1.54, 1.807) is 0 Å². The van der Waals surface area contributed by atoms with Crippen LogP contribution in [-0.2, 0) is 0 Å². The van der Waals surface area contributed by atoms with E-state index in [0.717, 1.165) is 57.0 Å². The number of fused-ring (bicyclic) bond motifs is 3. The van der Waals surface area contributed by atoms with Crippen LogP contribution in [-0.4, -0.2) is 30.1 Å². The summed E-state index contributed by atoms with van der Waals surface area (Å²) in [5.74, 6) is 0. The summed E-state index contributed by atoms with van der Waals surface area (Å²) < 4.78 is 13.1. The topological polar surface area (TPSA) is 94.2 Å². The smallest absolute Gasteiger partial charge is 0.135 e. The van der Waals surface area contributed by atoms with Crippen molar-refractivity contribution < 1.29 is 0 Å². The third-order valence-corrected chi connectivity index (χ3v) is 9.99. The molecule has 0 unspecified atom stereocenters. The molecule has 1 N–H and O–H groups in total. The molecule has 0 spiro atoms. The van der Waals surface area contributed by atoms with Crippen LogP contribution in [0.5, 0.6) is 0 Å². The van der Waals surface area contributed by atoms with Gasteiger partial charge in [-0.3, -0.25) is 5.41 Å². The number of anilines is 6. The first kappa shape index (κ1) is 33.1. The molecule has 0 atom stereocenters. The molecule has 0 fully saturated rings. The lowest BCUT2D eigenvalue weighted by molar-refractivity contribution is 1.17. The number of hydrogen-bond donors (Lipinski definition) is 2. The van der Waals surface area contributed by atoms with Crippen LogP contribution >= 0.6 is 24.5 Å². The molecule has 1 aliphatic rings. The highest BCUT2D eigenvalue weighted by atomic mass is 32.1. The fourth-order valence-electron chi connectivity index (χ4n) is 6.74. The zero-order valence-corrected chi connectivity index (χ0v) is 30.4. The van der Waals surface area contributed by atoms with Crippen LogP contribution in [0.15, 0.2) is 174 Å². The van der Waals surface area contributed by atoms with E-state index < -0.39 is 0 Å². The Labute approximate surface area is 322 Å². The highest BCUT2D eigenvalue weighted by molar-refractivity contribution is 7.79. The van der Waals surface area contributed by atoms with E-state index in [2.05, 4.69) is 133 Å². The van der Waals surface area contributed by atoms with E-state index in [4.69, 9.17) is 15.4 Å². The maximum Gasteiger partial charge on any atom is 0.135 e. The van der Waals surface area contributed by atoms with Gasteiger partial charge in [0.05, 0.1) is 23.1 Å². The predicted molar refractivity (Wildman–Crippen MR) is 224 cm³/mol. The molecule has 2 aromatic heterocycles. The second kappa shape index (κ2) is 14.3. The van der Waals surface area contributed by atoms with Crippen molar-refractivity contribution in [2.24, 2.45) is 4.40 Å². The van der Waals surface area contributed by atoms with E-state index in [0.29, 0.717) is 39.9 Å². The maximum atomic E-state index is 8.86. The second-order valence-electron chi connectivity index (χ2n) is 12.5. The Morgan fingerprint density at radius 3 is 1.15 bits per heavy atom. The average molecular weight is 735 g/mol. The Bertz CT molecular complexity index is 2530. The van der Waals surface area contributed by atoms with Crippen LogP contribution in [0, 0.1) is 5.41 Å². The molecule has 258 valence electrons. The van der Waals surface area contributed by atoms with Crippen molar-refractivity contribution in [1.82, 2.24) is 18.7 Å². The van der Waals surface area contributed by atoms with Crippen molar-refractivity contribution in [2.45, 2.75) is 0 Å².